The van der Waals surface area contributed by atoms with E-state index in [-0.39, 0.29) is 5.78 Å². The Morgan fingerprint density at radius 1 is 1.50 bits per heavy atom. The lowest BCUT2D eigenvalue weighted by molar-refractivity contribution is 0.101. The molecule has 1 aromatic carbocycles. The summed E-state index contributed by atoms with van der Waals surface area (Å²) in [5.74, 6) is 0.0651. The SMILES string of the molecule is CC(=O)c1cccc(-c2cn[c][nH]2)c1. The number of hydrogen-bond donors (Lipinski definition) is 1. The second kappa shape index (κ2) is 3.46. The molecule has 0 spiro atoms. The zero-order valence-corrected chi connectivity index (χ0v) is 7.74. The van der Waals surface area contributed by atoms with Crippen molar-refractivity contribution in [2.24, 2.45) is 0 Å². The Morgan fingerprint density at radius 3 is 3.00 bits per heavy atom. The summed E-state index contributed by atoms with van der Waals surface area (Å²) in [6.07, 6.45) is 4.30. The molecule has 0 saturated carbocycles. The van der Waals surface area contributed by atoms with Crippen LogP contribution in [0.15, 0.2) is 30.5 Å². The van der Waals surface area contributed by atoms with E-state index >= 15 is 0 Å². The second-order valence-corrected chi connectivity index (χ2v) is 3.05. The van der Waals surface area contributed by atoms with E-state index in [1.807, 2.05) is 18.2 Å². The third-order valence-corrected chi connectivity index (χ3v) is 2.03. The molecular formula is C11H9N2O. The van der Waals surface area contributed by atoms with E-state index in [0.717, 1.165) is 11.3 Å². The quantitative estimate of drug-likeness (QED) is 0.728. The van der Waals surface area contributed by atoms with E-state index in [2.05, 4.69) is 16.3 Å². The molecule has 0 unspecified atom stereocenters. The number of imidazole rings is 1. The number of aromatic nitrogens is 2. The second-order valence-electron chi connectivity index (χ2n) is 3.05. The summed E-state index contributed by atoms with van der Waals surface area (Å²) in [5.41, 5.74) is 2.52. The Labute approximate surface area is 81.8 Å². The number of carbonyl (C=O) groups is 1. The molecule has 1 radical (unpaired) electrons. The molecular weight excluding hydrogens is 176 g/mol. The monoisotopic (exact) mass is 185 g/mol. The van der Waals surface area contributed by atoms with Gasteiger partial charge in [0, 0.05) is 11.1 Å². The number of rotatable bonds is 2. The van der Waals surface area contributed by atoms with E-state index in [1.54, 1.807) is 19.2 Å². The minimum atomic E-state index is 0.0651. The molecule has 0 aliphatic heterocycles. The third-order valence-electron chi connectivity index (χ3n) is 2.03. The van der Waals surface area contributed by atoms with Crippen molar-refractivity contribution in [3.05, 3.63) is 42.4 Å². The van der Waals surface area contributed by atoms with Gasteiger partial charge in [0.1, 0.15) is 0 Å². The summed E-state index contributed by atoms with van der Waals surface area (Å²) in [6, 6.07) is 7.41. The van der Waals surface area contributed by atoms with Crippen LogP contribution >= 0.6 is 0 Å². The van der Waals surface area contributed by atoms with Gasteiger partial charge in [-0.3, -0.25) is 4.79 Å². The molecule has 3 nitrogen and oxygen atoms in total. The molecule has 3 heteroatoms. The van der Waals surface area contributed by atoms with Gasteiger partial charge in [-0.2, -0.15) is 0 Å². The first-order chi connectivity index (χ1) is 6.77. The zero-order chi connectivity index (χ0) is 9.97. The van der Waals surface area contributed by atoms with Crippen molar-refractivity contribution in [2.45, 2.75) is 6.92 Å². The molecule has 2 aromatic rings. The Morgan fingerprint density at radius 2 is 2.36 bits per heavy atom. The number of aromatic amines is 1. The summed E-state index contributed by atoms with van der Waals surface area (Å²) in [6.45, 7) is 1.55. The fraction of sp³-hybridized carbons (Fsp3) is 0.0909. The highest BCUT2D eigenvalue weighted by Gasteiger charge is 2.02. The maximum atomic E-state index is 11.1. The number of hydrogen-bond acceptors (Lipinski definition) is 2. The van der Waals surface area contributed by atoms with E-state index in [9.17, 15) is 4.79 Å². The number of carbonyl (C=O) groups excluding carboxylic acids is 1. The van der Waals surface area contributed by atoms with Crippen molar-refractivity contribution in [2.75, 3.05) is 0 Å². The maximum Gasteiger partial charge on any atom is 0.174 e. The van der Waals surface area contributed by atoms with Gasteiger partial charge in [0.05, 0.1) is 11.9 Å². The van der Waals surface area contributed by atoms with Crippen LogP contribution in [0.5, 0.6) is 0 Å². The molecule has 0 bridgehead atoms. The largest absolute Gasteiger partial charge is 0.335 e. The van der Waals surface area contributed by atoms with Crippen LogP contribution in [0.1, 0.15) is 17.3 Å². The van der Waals surface area contributed by atoms with Crippen molar-refractivity contribution in [3.63, 3.8) is 0 Å². The fourth-order valence-electron chi connectivity index (χ4n) is 1.27. The molecule has 0 aliphatic rings. The average Bonchev–Trinajstić information content (AvgIpc) is 2.71. The van der Waals surface area contributed by atoms with Crippen molar-refractivity contribution < 1.29 is 4.79 Å². The highest BCUT2D eigenvalue weighted by molar-refractivity contribution is 5.95. The molecule has 0 saturated heterocycles. The standard InChI is InChI=1S/C11H9N2O/c1-8(14)9-3-2-4-10(5-9)11-6-12-7-13-11/h2-6H,1H3,(H,12,13). The van der Waals surface area contributed by atoms with Crippen molar-refractivity contribution in [1.29, 1.82) is 0 Å². The van der Waals surface area contributed by atoms with Crippen LogP contribution in [-0.4, -0.2) is 15.8 Å². The Balaban J connectivity index is 2.46. The first-order valence-corrected chi connectivity index (χ1v) is 4.30. The number of benzene rings is 1. The zero-order valence-electron chi connectivity index (χ0n) is 7.74. The highest BCUT2D eigenvalue weighted by Crippen LogP contribution is 2.17. The summed E-state index contributed by atoms with van der Waals surface area (Å²) in [5, 5.41) is 0. The number of H-pyrrole nitrogens is 1. The molecule has 0 amide bonds. The van der Waals surface area contributed by atoms with Gasteiger partial charge in [-0.25, -0.2) is 4.98 Å². The lowest BCUT2D eigenvalue weighted by Gasteiger charge is -1.99. The Bertz CT molecular complexity index is 446. The predicted molar refractivity (Wildman–Crippen MR) is 52.9 cm³/mol. The number of nitrogens with zero attached hydrogens (tertiary/aromatic N) is 1. The summed E-state index contributed by atoms with van der Waals surface area (Å²) in [7, 11) is 0. The molecule has 0 fully saturated rings. The van der Waals surface area contributed by atoms with Crippen molar-refractivity contribution in [1.82, 2.24) is 9.97 Å². The summed E-state index contributed by atoms with van der Waals surface area (Å²) >= 11 is 0. The van der Waals surface area contributed by atoms with Gasteiger partial charge in [0.25, 0.3) is 0 Å². The summed E-state index contributed by atoms with van der Waals surface area (Å²) < 4.78 is 0. The van der Waals surface area contributed by atoms with Crippen LogP contribution in [0.3, 0.4) is 0 Å². The maximum absolute atomic E-state index is 11.1. The van der Waals surface area contributed by atoms with Gasteiger partial charge in [-0.1, -0.05) is 18.2 Å². The number of nitrogens with one attached hydrogen (secondary N) is 1. The fourth-order valence-corrected chi connectivity index (χ4v) is 1.27. The van der Waals surface area contributed by atoms with E-state index < -0.39 is 0 Å². The molecule has 1 heterocycles. The minimum absolute atomic E-state index is 0.0651. The van der Waals surface area contributed by atoms with E-state index in [0.29, 0.717) is 5.56 Å². The van der Waals surface area contributed by atoms with Crippen LogP contribution in [0, 0.1) is 6.33 Å². The lowest BCUT2D eigenvalue weighted by Crippen LogP contribution is -1.91. The number of ketones is 1. The van der Waals surface area contributed by atoms with Gasteiger partial charge in [0.2, 0.25) is 0 Å². The molecule has 69 valence electrons. The average molecular weight is 185 g/mol. The van der Waals surface area contributed by atoms with Gasteiger partial charge in [-0.05, 0) is 13.0 Å². The minimum Gasteiger partial charge on any atom is -0.335 e. The van der Waals surface area contributed by atoms with Crippen LogP contribution in [0.25, 0.3) is 11.3 Å². The predicted octanol–water partition coefficient (Wildman–Crippen LogP) is 2.08. The molecule has 14 heavy (non-hydrogen) atoms. The third kappa shape index (κ3) is 1.57. The van der Waals surface area contributed by atoms with Gasteiger partial charge in [0.15, 0.2) is 12.1 Å². The highest BCUT2D eigenvalue weighted by atomic mass is 16.1. The van der Waals surface area contributed by atoms with Gasteiger partial charge < -0.3 is 4.98 Å². The normalized spacial score (nSPS) is 10.1. The molecule has 0 aliphatic carbocycles. The van der Waals surface area contributed by atoms with E-state index in [1.165, 1.54) is 0 Å². The van der Waals surface area contributed by atoms with Crippen molar-refractivity contribution in [3.8, 4) is 11.3 Å². The van der Waals surface area contributed by atoms with Crippen LogP contribution in [0.2, 0.25) is 0 Å². The molecule has 0 atom stereocenters. The first-order valence-electron chi connectivity index (χ1n) is 4.30. The summed E-state index contributed by atoms with van der Waals surface area (Å²) in [4.78, 5) is 17.8. The Kier molecular flexibility index (Phi) is 2.14. The molecule has 1 aromatic heterocycles. The topological polar surface area (TPSA) is 45.8 Å². The van der Waals surface area contributed by atoms with Gasteiger partial charge in [-0.15, -0.1) is 0 Å². The van der Waals surface area contributed by atoms with Crippen LogP contribution in [0.4, 0.5) is 0 Å². The first kappa shape index (κ1) is 8.69. The molecule has 1 N–H and O–H groups in total. The van der Waals surface area contributed by atoms with Gasteiger partial charge >= 0.3 is 0 Å². The smallest absolute Gasteiger partial charge is 0.174 e. The lowest BCUT2D eigenvalue weighted by atomic mass is 10.1. The Hall–Kier alpha value is -1.90. The van der Waals surface area contributed by atoms with Crippen molar-refractivity contribution >= 4 is 5.78 Å². The number of Topliss-reactive ketones (excluding diaryl/α,β-unsaturated/α-hetero) is 1. The van der Waals surface area contributed by atoms with E-state index in [4.69, 9.17) is 0 Å². The van der Waals surface area contributed by atoms with Crippen LogP contribution < -0.4 is 0 Å². The molecule has 2 rings (SSSR count). The van der Waals surface area contributed by atoms with Crippen LogP contribution in [-0.2, 0) is 0 Å².